The van der Waals surface area contributed by atoms with E-state index in [1.807, 2.05) is 48.7 Å². The Balaban J connectivity index is 1.97. The molecule has 0 saturated heterocycles. The zero-order chi connectivity index (χ0) is 20.0. The molecule has 0 fully saturated rings. The number of rotatable bonds is 5. The molecule has 0 aliphatic rings. The minimum Gasteiger partial charge on any atom is -0.314 e. The topological polar surface area (TPSA) is 66.2 Å². The van der Waals surface area contributed by atoms with Crippen molar-refractivity contribution in [2.75, 3.05) is 0 Å². The van der Waals surface area contributed by atoms with Gasteiger partial charge in [-0.05, 0) is 25.8 Å². The molecule has 0 aliphatic carbocycles. The van der Waals surface area contributed by atoms with E-state index in [1.165, 1.54) is 9.13 Å². The van der Waals surface area contributed by atoms with Gasteiger partial charge < -0.3 is 4.57 Å². The van der Waals surface area contributed by atoms with Crippen LogP contribution in [0.1, 0.15) is 36.6 Å². The van der Waals surface area contributed by atoms with Crippen LogP contribution in [0.3, 0.4) is 0 Å². The molecule has 7 heteroatoms. The maximum Gasteiger partial charge on any atom is 0.332 e. The number of unbranched alkanes of at least 4 members (excludes halogenated alkanes) is 1. The van der Waals surface area contributed by atoms with Crippen molar-refractivity contribution in [1.82, 2.24) is 23.1 Å². The lowest BCUT2D eigenvalue weighted by atomic mass is 10.1. The standard InChI is InChI=1S/C21H25N5O2/c1-5-6-10-24-15(3)12-25-17-18(22-20(24)25)23(4)21(28)26(19(17)27)13-16-9-7-8-14(2)11-16/h7-9,11-12H,5-6,10,13H2,1-4H3. The molecule has 146 valence electrons. The predicted octanol–water partition coefficient (Wildman–Crippen LogP) is 2.61. The normalized spacial score (nSPS) is 11.7. The third kappa shape index (κ3) is 2.78. The highest BCUT2D eigenvalue weighted by Gasteiger charge is 2.20. The molecule has 0 spiro atoms. The average molecular weight is 379 g/mol. The highest BCUT2D eigenvalue weighted by Crippen LogP contribution is 2.17. The lowest BCUT2D eigenvalue weighted by molar-refractivity contribution is 0.631. The number of imidazole rings is 2. The summed E-state index contributed by atoms with van der Waals surface area (Å²) in [5.41, 5.74) is 3.29. The summed E-state index contributed by atoms with van der Waals surface area (Å²) in [4.78, 5) is 30.8. The second kappa shape index (κ2) is 6.82. The van der Waals surface area contributed by atoms with E-state index in [9.17, 15) is 9.59 Å². The summed E-state index contributed by atoms with van der Waals surface area (Å²) in [7, 11) is 1.67. The first-order valence-corrected chi connectivity index (χ1v) is 9.65. The molecule has 0 amide bonds. The van der Waals surface area contributed by atoms with E-state index < -0.39 is 0 Å². The Morgan fingerprint density at radius 3 is 2.61 bits per heavy atom. The first-order valence-electron chi connectivity index (χ1n) is 9.65. The van der Waals surface area contributed by atoms with E-state index >= 15 is 0 Å². The first kappa shape index (κ1) is 18.3. The molecule has 0 aliphatic heterocycles. The number of hydrogen-bond donors (Lipinski definition) is 0. The SMILES string of the molecule is CCCCn1c(C)cn2c3c(=O)n(Cc4cccc(C)c4)c(=O)n(C)c3nc12. The fourth-order valence-corrected chi connectivity index (χ4v) is 3.78. The fraction of sp³-hybridized carbons (Fsp3) is 0.381. The largest absolute Gasteiger partial charge is 0.332 e. The summed E-state index contributed by atoms with van der Waals surface area (Å²) in [5.74, 6) is 0.710. The lowest BCUT2D eigenvalue weighted by Gasteiger charge is -2.08. The van der Waals surface area contributed by atoms with E-state index in [0.29, 0.717) is 16.9 Å². The molecule has 4 rings (SSSR count). The van der Waals surface area contributed by atoms with Gasteiger partial charge in [0.15, 0.2) is 11.2 Å². The number of benzene rings is 1. The van der Waals surface area contributed by atoms with Crippen LogP contribution >= 0.6 is 0 Å². The Kier molecular flexibility index (Phi) is 4.45. The van der Waals surface area contributed by atoms with Crippen LogP contribution in [0.4, 0.5) is 0 Å². The Hall–Kier alpha value is -3.09. The van der Waals surface area contributed by atoms with Crippen molar-refractivity contribution in [3.63, 3.8) is 0 Å². The van der Waals surface area contributed by atoms with Crippen molar-refractivity contribution in [3.05, 3.63) is 68.1 Å². The highest BCUT2D eigenvalue weighted by molar-refractivity contribution is 5.75. The van der Waals surface area contributed by atoms with Gasteiger partial charge in [0.05, 0.1) is 6.54 Å². The van der Waals surface area contributed by atoms with Gasteiger partial charge in [-0.25, -0.2) is 4.79 Å². The second-order valence-corrected chi connectivity index (χ2v) is 7.45. The molecule has 0 bridgehead atoms. The number of hydrogen-bond acceptors (Lipinski definition) is 3. The number of nitrogens with zero attached hydrogens (tertiary/aromatic N) is 5. The van der Waals surface area contributed by atoms with E-state index in [-0.39, 0.29) is 17.8 Å². The highest BCUT2D eigenvalue weighted by atomic mass is 16.2. The predicted molar refractivity (Wildman–Crippen MR) is 110 cm³/mol. The minimum absolute atomic E-state index is 0.242. The summed E-state index contributed by atoms with van der Waals surface area (Å²) in [6, 6.07) is 7.86. The molecule has 3 heterocycles. The zero-order valence-electron chi connectivity index (χ0n) is 16.8. The summed E-state index contributed by atoms with van der Waals surface area (Å²) in [6.45, 7) is 7.24. The van der Waals surface area contributed by atoms with Gasteiger partial charge in [-0.1, -0.05) is 43.2 Å². The Bertz CT molecular complexity index is 1300. The molecule has 0 saturated carbocycles. The summed E-state index contributed by atoms with van der Waals surface area (Å²) < 4.78 is 6.70. The van der Waals surface area contributed by atoms with Crippen molar-refractivity contribution in [2.45, 2.75) is 46.7 Å². The van der Waals surface area contributed by atoms with Gasteiger partial charge in [-0.2, -0.15) is 4.98 Å². The lowest BCUT2D eigenvalue weighted by Crippen LogP contribution is -2.39. The monoisotopic (exact) mass is 379 g/mol. The third-order valence-corrected chi connectivity index (χ3v) is 5.30. The van der Waals surface area contributed by atoms with Crippen molar-refractivity contribution in [3.8, 4) is 0 Å². The van der Waals surface area contributed by atoms with Crippen LogP contribution in [0.5, 0.6) is 0 Å². The van der Waals surface area contributed by atoms with Gasteiger partial charge in [-0.3, -0.25) is 18.3 Å². The second-order valence-electron chi connectivity index (χ2n) is 7.45. The molecule has 7 nitrogen and oxygen atoms in total. The van der Waals surface area contributed by atoms with Gasteiger partial charge in [0.1, 0.15) is 0 Å². The Labute approximate surface area is 162 Å². The summed E-state index contributed by atoms with van der Waals surface area (Å²) in [5, 5.41) is 0. The summed E-state index contributed by atoms with van der Waals surface area (Å²) >= 11 is 0. The Morgan fingerprint density at radius 2 is 1.89 bits per heavy atom. The van der Waals surface area contributed by atoms with E-state index in [2.05, 4.69) is 16.5 Å². The van der Waals surface area contributed by atoms with E-state index in [0.717, 1.165) is 36.2 Å². The van der Waals surface area contributed by atoms with Crippen LogP contribution in [0.15, 0.2) is 40.1 Å². The maximum atomic E-state index is 13.3. The minimum atomic E-state index is -0.350. The number of aryl methyl sites for hydroxylation is 4. The Morgan fingerprint density at radius 1 is 1.11 bits per heavy atom. The first-order chi connectivity index (χ1) is 13.4. The van der Waals surface area contributed by atoms with Crippen LogP contribution in [0.2, 0.25) is 0 Å². The average Bonchev–Trinajstić information content (AvgIpc) is 3.17. The molecule has 3 aromatic heterocycles. The molecule has 1 aromatic carbocycles. The van der Waals surface area contributed by atoms with Gasteiger partial charge in [0.25, 0.3) is 5.56 Å². The molecule has 0 unspecified atom stereocenters. The smallest absolute Gasteiger partial charge is 0.314 e. The van der Waals surface area contributed by atoms with Crippen molar-refractivity contribution < 1.29 is 0 Å². The van der Waals surface area contributed by atoms with Crippen LogP contribution in [0, 0.1) is 13.8 Å². The molecule has 0 atom stereocenters. The third-order valence-electron chi connectivity index (χ3n) is 5.30. The molecule has 0 N–H and O–H groups in total. The number of fused-ring (bicyclic) bond motifs is 3. The molecule has 0 radical (unpaired) electrons. The van der Waals surface area contributed by atoms with Crippen molar-refractivity contribution in [1.29, 1.82) is 0 Å². The van der Waals surface area contributed by atoms with Crippen LogP contribution in [-0.2, 0) is 20.1 Å². The van der Waals surface area contributed by atoms with Crippen molar-refractivity contribution >= 4 is 16.9 Å². The quantitative estimate of drug-likeness (QED) is 0.535. The maximum absolute atomic E-state index is 13.3. The molecule has 28 heavy (non-hydrogen) atoms. The van der Waals surface area contributed by atoms with Gasteiger partial charge in [-0.15, -0.1) is 0 Å². The van der Waals surface area contributed by atoms with E-state index in [1.54, 1.807) is 7.05 Å². The summed E-state index contributed by atoms with van der Waals surface area (Å²) in [6.07, 6.45) is 4.04. The van der Waals surface area contributed by atoms with Crippen LogP contribution < -0.4 is 11.2 Å². The van der Waals surface area contributed by atoms with Gasteiger partial charge >= 0.3 is 5.69 Å². The van der Waals surface area contributed by atoms with Gasteiger partial charge in [0.2, 0.25) is 5.78 Å². The van der Waals surface area contributed by atoms with Crippen LogP contribution in [-0.4, -0.2) is 23.1 Å². The zero-order valence-corrected chi connectivity index (χ0v) is 16.8. The van der Waals surface area contributed by atoms with Gasteiger partial charge in [0, 0.05) is 25.5 Å². The van der Waals surface area contributed by atoms with E-state index in [4.69, 9.17) is 0 Å². The molecule has 4 aromatic rings. The van der Waals surface area contributed by atoms with Crippen molar-refractivity contribution in [2.24, 2.45) is 7.05 Å². The number of aromatic nitrogens is 5. The van der Waals surface area contributed by atoms with Crippen LogP contribution in [0.25, 0.3) is 16.9 Å². The molecular weight excluding hydrogens is 354 g/mol. The fourth-order valence-electron chi connectivity index (χ4n) is 3.78. The molecular formula is C21H25N5O2.